The second kappa shape index (κ2) is 9.48. The maximum absolute atomic E-state index is 13.1. The quantitative estimate of drug-likeness (QED) is 0.156. The zero-order chi connectivity index (χ0) is 26.4. The van der Waals surface area contributed by atoms with E-state index in [9.17, 15) is 14.4 Å². The van der Waals surface area contributed by atoms with Crippen molar-refractivity contribution in [2.45, 2.75) is 16.7 Å². The molecule has 1 N–H and O–H groups in total. The summed E-state index contributed by atoms with van der Waals surface area (Å²) in [5.41, 5.74) is 2.90. The summed E-state index contributed by atoms with van der Waals surface area (Å²) in [4.78, 5) is 44.0. The molecule has 2 heterocycles. The molecular weight excluding hydrogens is 522 g/mol. The number of nitrogens with one attached hydrogen (secondary N) is 1. The van der Waals surface area contributed by atoms with Crippen LogP contribution >= 0.6 is 23.4 Å². The van der Waals surface area contributed by atoms with Gasteiger partial charge in [-0.3, -0.25) is 14.9 Å². The SMILES string of the molecule is Cc1[nH]n(-c2cccc(Cl)c2)c(=O)c1C=Nc1ccccc1Sc1ccc2c3c(cccc13)C(=O)OC2=O. The molecule has 9 heteroatoms. The lowest BCUT2D eigenvalue weighted by Crippen LogP contribution is -2.19. The average molecular weight is 540 g/mol. The van der Waals surface area contributed by atoms with Crippen molar-refractivity contribution in [1.82, 2.24) is 9.78 Å². The van der Waals surface area contributed by atoms with E-state index in [0.717, 1.165) is 15.2 Å². The van der Waals surface area contributed by atoms with Crippen molar-refractivity contribution in [3.05, 3.63) is 117 Å². The number of hydrogen-bond donors (Lipinski definition) is 1. The predicted molar refractivity (Wildman–Crippen MR) is 148 cm³/mol. The van der Waals surface area contributed by atoms with Crippen LogP contribution in [0.3, 0.4) is 0 Å². The van der Waals surface area contributed by atoms with Gasteiger partial charge in [0.25, 0.3) is 5.56 Å². The Morgan fingerprint density at radius 2 is 1.66 bits per heavy atom. The Morgan fingerprint density at radius 3 is 2.47 bits per heavy atom. The number of ether oxygens (including phenoxy) is 1. The second-order valence-corrected chi connectivity index (χ2v) is 10.1. The van der Waals surface area contributed by atoms with Crippen molar-refractivity contribution in [2.75, 3.05) is 0 Å². The maximum atomic E-state index is 13.1. The van der Waals surface area contributed by atoms with Crippen molar-refractivity contribution in [3.8, 4) is 5.69 Å². The van der Waals surface area contributed by atoms with E-state index in [1.807, 2.05) is 43.3 Å². The van der Waals surface area contributed by atoms with Crippen molar-refractivity contribution < 1.29 is 14.3 Å². The summed E-state index contributed by atoms with van der Waals surface area (Å²) in [5.74, 6) is -1.30. The predicted octanol–water partition coefficient (Wildman–Crippen LogP) is 6.49. The van der Waals surface area contributed by atoms with Crippen molar-refractivity contribution in [2.24, 2.45) is 4.99 Å². The number of esters is 2. The number of aryl methyl sites for hydroxylation is 1. The third-order valence-electron chi connectivity index (χ3n) is 6.23. The average Bonchev–Trinajstić information content (AvgIpc) is 3.20. The van der Waals surface area contributed by atoms with Gasteiger partial charge >= 0.3 is 11.9 Å². The number of rotatable bonds is 5. The summed E-state index contributed by atoms with van der Waals surface area (Å²) < 4.78 is 6.30. The lowest BCUT2D eigenvalue weighted by Gasteiger charge is -2.17. The first kappa shape index (κ1) is 24.0. The van der Waals surface area contributed by atoms with Crippen LogP contribution in [0.2, 0.25) is 5.02 Å². The normalized spacial score (nSPS) is 12.9. The number of aromatic nitrogens is 2. The molecule has 0 unspecified atom stereocenters. The lowest BCUT2D eigenvalue weighted by molar-refractivity contribution is 0.0391. The van der Waals surface area contributed by atoms with Crippen LogP contribution in [-0.2, 0) is 4.74 Å². The highest BCUT2D eigenvalue weighted by atomic mass is 35.5. The highest BCUT2D eigenvalue weighted by molar-refractivity contribution is 7.99. The Kier molecular flexibility index (Phi) is 5.98. The molecule has 1 aromatic heterocycles. The van der Waals surface area contributed by atoms with Gasteiger partial charge in [0.05, 0.1) is 28.1 Å². The van der Waals surface area contributed by atoms with Gasteiger partial charge in [0.2, 0.25) is 0 Å². The van der Waals surface area contributed by atoms with Crippen molar-refractivity contribution >= 4 is 58.0 Å². The number of nitrogens with zero attached hydrogens (tertiary/aromatic N) is 2. The van der Waals surface area contributed by atoms with Crippen LogP contribution in [0.1, 0.15) is 32.0 Å². The number of benzene rings is 4. The molecule has 186 valence electrons. The lowest BCUT2D eigenvalue weighted by atomic mass is 9.97. The summed E-state index contributed by atoms with van der Waals surface area (Å²) in [6, 6.07) is 23.4. The van der Waals surface area contributed by atoms with Gasteiger partial charge < -0.3 is 4.74 Å². The molecule has 4 aromatic carbocycles. The number of cyclic esters (lactones) is 2. The van der Waals surface area contributed by atoms with E-state index in [1.54, 1.807) is 48.7 Å². The van der Waals surface area contributed by atoms with Crippen LogP contribution in [0.5, 0.6) is 0 Å². The Balaban J connectivity index is 1.37. The summed E-state index contributed by atoms with van der Waals surface area (Å²) in [6.45, 7) is 1.81. The van der Waals surface area contributed by atoms with Crippen LogP contribution in [-0.4, -0.2) is 27.9 Å². The molecule has 0 saturated heterocycles. The first-order chi connectivity index (χ1) is 18.4. The minimum absolute atomic E-state index is 0.237. The Labute approximate surface area is 225 Å². The van der Waals surface area contributed by atoms with Gasteiger partial charge in [0.15, 0.2) is 0 Å². The fourth-order valence-corrected chi connectivity index (χ4v) is 5.62. The molecule has 5 aromatic rings. The minimum atomic E-state index is -0.648. The van der Waals surface area contributed by atoms with E-state index in [-0.39, 0.29) is 5.56 Å². The largest absolute Gasteiger partial charge is 0.386 e. The van der Waals surface area contributed by atoms with Gasteiger partial charge in [-0.2, -0.15) is 0 Å². The second-order valence-electron chi connectivity index (χ2n) is 8.62. The molecule has 0 bridgehead atoms. The Bertz CT molecular complexity index is 1850. The number of H-pyrrole nitrogens is 1. The number of aromatic amines is 1. The van der Waals surface area contributed by atoms with Crippen LogP contribution < -0.4 is 5.56 Å². The molecule has 6 rings (SSSR count). The van der Waals surface area contributed by atoms with E-state index < -0.39 is 11.9 Å². The highest BCUT2D eigenvalue weighted by Gasteiger charge is 2.28. The molecule has 0 fully saturated rings. The number of para-hydroxylation sites is 1. The molecular formula is C29H18ClN3O4S. The van der Waals surface area contributed by atoms with E-state index >= 15 is 0 Å². The van der Waals surface area contributed by atoms with Gasteiger partial charge in [-0.05, 0) is 60.8 Å². The van der Waals surface area contributed by atoms with Gasteiger partial charge in [-0.25, -0.2) is 14.3 Å². The first-order valence-corrected chi connectivity index (χ1v) is 12.8. The highest BCUT2D eigenvalue weighted by Crippen LogP contribution is 2.41. The van der Waals surface area contributed by atoms with E-state index in [0.29, 0.717) is 44.2 Å². The van der Waals surface area contributed by atoms with Crippen LogP contribution in [0.15, 0.2) is 98.4 Å². The van der Waals surface area contributed by atoms with Gasteiger partial charge in [0.1, 0.15) is 0 Å². The number of hydrogen-bond acceptors (Lipinski definition) is 6. The smallest absolute Gasteiger partial charge is 0.346 e. The molecule has 0 atom stereocenters. The van der Waals surface area contributed by atoms with Crippen LogP contribution in [0.25, 0.3) is 16.5 Å². The zero-order valence-electron chi connectivity index (χ0n) is 19.9. The summed E-state index contributed by atoms with van der Waals surface area (Å²) in [7, 11) is 0. The van der Waals surface area contributed by atoms with Crippen LogP contribution in [0, 0.1) is 6.92 Å². The van der Waals surface area contributed by atoms with Gasteiger partial charge in [0, 0.05) is 32.1 Å². The maximum Gasteiger partial charge on any atom is 0.346 e. The minimum Gasteiger partial charge on any atom is -0.386 e. The standard InChI is InChI=1S/C29H18ClN3O4S/c1-16-22(27(34)33(32-16)18-7-4-6-17(30)14-18)15-31-23-10-2-3-11-25(23)38-24-13-12-21-26-19(24)8-5-9-20(26)28(35)37-29(21)36/h2-15,32H,1H3. The monoisotopic (exact) mass is 539 g/mol. The molecule has 0 radical (unpaired) electrons. The number of aliphatic imine (C=N–C) groups is 1. The molecule has 0 aliphatic carbocycles. The van der Waals surface area contributed by atoms with E-state index in [4.69, 9.17) is 16.3 Å². The van der Waals surface area contributed by atoms with Crippen molar-refractivity contribution in [3.63, 3.8) is 0 Å². The molecule has 1 aliphatic rings. The number of carbonyl (C=O) groups is 2. The summed E-state index contributed by atoms with van der Waals surface area (Å²) in [5, 5.41) is 4.97. The molecule has 38 heavy (non-hydrogen) atoms. The van der Waals surface area contributed by atoms with Gasteiger partial charge in [-0.1, -0.05) is 53.7 Å². The molecule has 1 aliphatic heterocycles. The van der Waals surface area contributed by atoms with E-state index in [2.05, 4.69) is 10.1 Å². The van der Waals surface area contributed by atoms with Crippen LogP contribution in [0.4, 0.5) is 5.69 Å². The topological polar surface area (TPSA) is 93.5 Å². The summed E-state index contributed by atoms with van der Waals surface area (Å²) in [6.07, 6.45) is 1.56. The third-order valence-corrected chi connectivity index (χ3v) is 7.60. The molecule has 0 saturated carbocycles. The molecule has 0 spiro atoms. The Morgan fingerprint density at radius 1 is 0.895 bits per heavy atom. The first-order valence-electron chi connectivity index (χ1n) is 11.6. The molecule has 0 amide bonds. The van der Waals surface area contributed by atoms with Crippen molar-refractivity contribution in [1.29, 1.82) is 0 Å². The van der Waals surface area contributed by atoms with E-state index in [1.165, 1.54) is 16.4 Å². The third kappa shape index (κ3) is 4.13. The zero-order valence-corrected chi connectivity index (χ0v) is 21.5. The number of carbonyl (C=O) groups excluding carboxylic acids is 2. The summed E-state index contributed by atoms with van der Waals surface area (Å²) >= 11 is 7.56. The fraction of sp³-hybridized carbons (Fsp3) is 0.0345. The fourth-order valence-electron chi connectivity index (χ4n) is 4.41. The van der Waals surface area contributed by atoms with Gasteiger partial charge in [-0.15, -0.1) is 0 Å². The number of halogens is 1. The molecule has 7 nitrogen and oxygen atoms in total. The Hall–Kier alpha value is -4.40.